The number of nitrogens with zero attached hydrogens (tertiary/aromatic N) is 2. The van der Waals surface area contributed by atoms with E-state index in [0.717, 1.165) is 54.0 Å². The lowest BCUT2D eigenvalue weighted by Crippen LogP contribution is -1.87. The molecular weight excluding hydrogens is 464 g/mol. The van der Waals surface area contributed by atoms with Crippen LogP contribution in [0.1, 0.15) is 112 Å². The van der Waals surface area contributed by atoms with E-state index in [0.29, 0.717) is 0 Å². The third-order valence-electron chi connectivity index (χ3n) is 8.22. The molecule has 5 rings (SSSR count). The normalized spacial score (nSPS) is 13.1. The zero-order valence-electron chi connectivity index (χ0n) is 24.0. The van der Waals surface area contributed by atoms with Crippen molar-refractivity contribution < 1.29 is 0 Å². The van der Waals surface area contributed by atoms with E-state index in [1.165, 1.54) is 75.6 Å². The number of H-pyrrole nitrogens is 2. The number of aromatic nitrogens is 4. The number of hydrogen-bond donors (Lipinski definition) is 2. The van der Waals surface area contributed by atoms with E-state index in [4.69, 9.17) is 9.97 Å². The van der Waals surface area contributed by atoms with Gasteiger partial charge in [0.2, 0.25) is 0 Å². The van der Waals surface area contributed by atoms with Gasteiger partial charge < -0.3 is 9.97 Å². The summed E-state index contributed by atoms with van der Waals surface area (Å²) in [6.07, 6.45) is 13.0. The lowest BCUT2D eigenvalue weighted by Gasteiger charge is -2.03. The van der Waals surface area contributed by atoms with Gasteiger partial charge in [-0.3, -0.25) is 0 Å². The molecule has 38 heavy (non-hydrogen) atoms. The lowest BCUT2D eigenvalue weighted by molar-refractivity contribution is 0.797. The first-order chi connectivity index (χ1) is 18.5. The minimum absolute atomic E-state index is 0.962. The Bertz CT molecular complexity index is 1580. The maximum atomic E-state index is 5.17. The monoisotopic (exact) mass is 506 g/mol. The average molecular weight is 507 g/mol. The lowest BCUT2D eigenvalue weighted by atomic mass is 10.00. The second kappa shape index (κ2) is 11.1. The number of nitrogens with one attached hydrogen (secondary N) is 2. The molecule has 0 saturated heterocycles. The number of hydrogen-bond acceptors (Lipinski definition) is 2. The Labute approximate surface area is 227 Å². The van der Waals surface area contributed by atoms with Gasteiger partial charge in [-0.1, -0.05) is 40.5 Å². The molecule has 3 aromatic rings. The van der Waals surface area contributed by atoms with Crippen molar-refractivity contribution >= 4 is 45.4 Å². The molecule has 0 spiro atoms. The Hall–Kier alpha value is -3.40. The van der Waals surface area contributed by atoms with Crippen LogP contribution in [0, 0.1) is 6.92 Å². The Morgan fingerprint density at radius 2 is 1.21 bits per heavy atom. The molecule has 4 heteroatoms. The van der Waals surface area contributed by atoms with Gasteiger partial charge in [0.15, 0.2) is 0 Å². The largest absolute Gasteiger partial charge is 0.355 e. The fourth-order valence-corrected chi connectivity index (χ4v) is 5.98. The number of fused-ring (bicyclic) bond motifs is 8. The van der Waals surface area contributed by atoms with Gasteiger partial charge in [0.25, 0.3) is 0 Å². The summed E-state index contributed by atoms with van der Waals surface area (Å²) in [6.45, 7) is 13.5. The Kier molecular flexibility index (Phi) is 7.69. The van der Waals surface area contributed by atoms with Gasteiger partial charge in [-0.05, 0) is 122 Å². The minimum atomic E-state index is 0.962. The van der Waals surface area contributed by atoms with Gasteiger partial charge in [0.05, 0.1) is 22.8 Å². The smallest absolute Gasteiger partial charge is 0.0693 e. The summed E-state index contributed by atoms with van der Waals surface area (Å²) in [7, 11) is 0. The number of unbranched alkanes of at least 4 members (excludes halogenated alkanes) is 2. The molecule has 198 valence electrons. The zero-order valence-corrected chi connectivity index (χ0v) is 24.0. The van der Waals surface area contributed by atoms with Crippen molar-refractivity contribution in [2.45, 2.75) is 92.9 Å². The van der Waals surface area contributed by atoms with Gasteiger partial charge in [0.1, 0.15) is 0 Å². The van der Waals surface area contributed by atoms with Crippen LogP contribution in [0.25, 0.3) is 45.4 Å². The second-order valence-electron chi connectivity index (χ2n) is 10.7. The summed E-state index contributed by atoms with van der Waals surface area (Å²) < 4.78 is 0. The predicted octanol–water partition coefficient (Wildman–Crippen LogP) is 9.38. The van der Waals surface area contributed by atoms with Crippen LogP contribution in [-0.4, -0.2) is 19.9 Å². The molecule has 0 fully saturated rings. The van der Waals surface area contributed by atoms with Crippen LogP contribution in [0.2, 0.25) is 0 Å². The Morgan fingerprint density at radius 1 is 0.605 bits per heavy atom. The third kappa shape index (κ3) is 4.89. The van der Waals surface area contributed by atoms with Crippen LogP contribution in [0.3, 0.4) is 0 Å². The highest BCUT2D eigenvalue weighted by atomic mass is 14.8. The van der Waals surface area contributed by atoms with Gasteiger partial charge in [-0.25, -0.2) is 9.97 Å². The second-order valence-corrected chi connectivity index (χ2v) is 10.7. The van der Waals surface area contributed by atoms with Crippen molar-refractivity contribution in [1.29, 1.82) is 0 Å². The van der Waals surface area contributed by atoms with Crippen LogP contribution in [-0.2, 0) is 19.3 Å². The molecule has 3 aromatic heterocycles. The van der Waals surface area contributed by atoms with Crippen LogP contribution in [0.15, 0.2) is 24.3 Å². The van der Waals surface area contributed by atoms with Crippen LogP contribution >= 0.6 is 0 Å². The molecule has 2 N–H and O–H groups in total. The highest BCUT2D eigenvalue weighted by Crippen LogP contribution is 2.35. The molecule has 0 radical (unpaired) electrons. The van der Waals surface area contributed by atoms with Crippen molar-refractivity contribution in [3.63, 3.8) is 0 Å². The molecule has 2 aliphatic heterocycles. The highest BCUT2D eigenvalue weighted by Gasteiger charge is 2.18. The molecule has 0 atom stereocenters. The summed E-state index contributed by atoms with van der Waals surface area (Å²) in [5, 5.41) is 0. The zero-order chi connectivity index (χ0) is 26.8. The predicted molar refractivity (Wildman–Crippen MR) is 164 cm³/mol. The summed E-state index contributed by atoms with van der Waals surface area (Å²) in [4.78, 5) is 17.7. The summed E-state index contributed by atoms with van der Waals surface area (Å²) in [5.74, 6) is 0. The first-order valence-electron chi connectivity index (χ1n) is 14.6. The summed E-state index contributed by atoms with van der Waals surface area (Å²) in [6, 6.07) is 9.00. The van der Waals surface area contributed by atoms with E-state index in [-0.39, 0.29) is 0 Å². The minimum Gasteiger partial charge on any atom is -0.355 e. The number of rotatable bonds is 8. The van der Waals surface area contributed by atoms with Gasteiger partial charge in [-0.2, -0.15) is 0 Å². The van der Waals surface area contributed by atoms with Crippen LogP contribution < -0.4 is 0 Å². The van der Waals surface area contributed by atoms with Crippen molar-refractivity contribution in [2.75, 3.05) is 0 Å². The van der Waals surface area contributed by atoms with E-state index < -0.39 is 0 Å². The van der Waals surface area contributed by atoms with Crippen molar-refractivity contribution in [1.82, 2.24) is 19.9 Å². The van der Waals surface area contributed by atoms with E-state index >= 15 is 0 Å². The van der Waals surface area contributed by atoms with E-state index in [1.54, 1.807) is 0 Å². The maximum absolute atomic E-state index is 5.17. The van der Waals surface area contributed by atoms with Gasteiger partial charge in [0, 0.05) is 22.1 Å². The van der Waals surface area contributed by atoms with E-state index in [2.05, 4.69) is 87.9 Å². The standard InChI is InChI=1S/C34H42N4/c1-7-11-13-27-21(5)29-17-23-15-16-24(35-23)18-30-22(6)28(14-12-8-2)34(37-30)20-32-26(10-4)25(9-3)31(38-32)19-33(27)36-29/h15-20,36,38H,7-14H2,1-6H3. The number of aromatic amines is 2. The molecule has 5 heterocycles. The molecule has 0 aromatic carbocycles. The quantitative estimate of drug-likeness (QED) is 0.250. The third-order valence-corrected chi connectivity index (χ3v) is 8.22. The molecule has 0 amide bonds. The maximum Gasteiger partial charge on any atom is 0.0693 e. The van der Waals surface area contributed by atoms with Crippen molar-refractivity contribution in [3.05, 3.63) is 69.3 Å². The highest BCUT2D eigenvalue weighted by molar-refractivity contribution is 5.92. The van der Waals surface area contributed by atoms with Crippen LogP contribution in [0.5, 0.6) is 0 Å². The molecule has 0 saturated carbocycles. The molecule has 8 bridgehead atoms. The molecular formula is C34H42N4. The van der Waals surface area contributed by atoms with E-state index in [9.17, 15) is 0 Å². The SMILES string of the molecule is CCCCC1=C(C)c2cc3nc(cc4[nH]c(cc5[nH]c(cc1n2)c(CC)c5CC)c(CCCC)c4C)C=C3. The van der Waals surface area contributed by atoms with Gasteiger partial charge >= 0.3 is 0 Å². The Morgan fingerprint density at radius 3 is 1.89 bits per heavy atom. The Balaban J connectivity index is 1.90. The number of aryl methyl sites for hydroxylation is 4. The summed E-state index contributed by atoms with van der Waals surface area (Å²) in [5.41, 5.74) is 17.1. The first kappa shape index (κ1) is 26.2. The molecule has 4 nitrogen and oxygen atoms in total. The van der Waals surface area contributed by atoms with Crippen molar-refractivity contribution in [3.8, 4) is 0 Å². The molecule has 0 unspecified atom stereocenters. The fraction of sp³-hybridized carbons (Fsp3) is 0.412. The number of allylic oxidation sites excluding steroid dienone is 2. The topological polar surface area (TPSA) is 57.4 Å². The summed E-state index contributed by atoms with van der Waals surface area (Å²) >= 11 is 0. The van der Waals surface area contributed by atoms with Gasteiger partial charge in [-0.15, -0.1) is 0 Å². The average Bonchev–Trinajstić information content (AvgIpc) is 3.63. The fourth-order valence-electron chi connectivity index (χ4n) is 5.98. The first-order valence-corrected chi connectivity index (χ1v) is 14.6. The van der Waals surface area contributed by atoms with Crippen molar-refractivity contribution in [2.24, 2.45) is 0 Å². The van der Waals surface area contributed by atoms with E-state index in [1.807, 2.05) is 0 Å². The molecule has 2 aliphatic rings. The van der Waals surface area contributed by atoms with Crippen LogP contribution in [0.4, 0.5) is 0 Å². The molecule has 0 aliphatic carbocycles.